The average molecular weight is 906 g/mol. The van der Waals surface area contributed by atoms with Crippen LogP contribution in [0.1, 0.15) is 318 Å². The fraction of sp³-hybridized carbons (Fsp3) is 0.948. The Kier molecular flexibility index (Phi) is 48.1. The largest absolute Gasteiger partial charge is 0.462 e. The monoisotopic (exact) mass is 905 g/mol. The molecule has 0 saturated carbocycles. The second-order valence-electron chi connectivity index (χ2n) is 21.4. The summed E-state index contributed by atoms with van der Waals surface area (Å²) in [5.41, 5.74) is 0. The van der Waals surface area contributed by atoms with E-state index in [2.05, 4.69) is 41.5 Å². The van der Waals surface area contributed by atoms with E-state index in [0.717, 1.165) is 75.5 Å². The molecular weight excluding hydrogens is 793 g/mol. The lowest BCUT2D eigenvalue weighted by Gasteiger charge is -2.18. The van der Waals surface area contributed by atoms with Crippen molar-refractivity contribution in [2.45, 2.75) is 324 Å². The van der Waals surface area contributed by atoms with Gasteiger partial charge in [-0.05, 0) is 37.0 Å². The minimum absolute atomic E-state index is 0.0639. The summed E-state index contributed by atoms with van der Waals surface area (Å²) in [5, 5.41) is 0. The van der Waals surface area contributed by atoms with Gasteiger partial charge < -0.3 is 14.2 Å². The van der Waals surface area contributed by atoms with Crippen molar-refractivity contribution in [3.63, 3.8) is 0 Å². The maximum Gasteiger partial charge on any atom is 0.306 e. The molecule has 0 rings (SSSR count). The van der Waals surface area contributed by atoms with E-state index in [1.165, 1.54) is 199 Å². The van der Waals surface area contributed by atoms with Crippen molar-refractivity contribution in [3.05, 3.63) is 0 Å². The van der Waals surface area contributed by atoms with Gasteiger partial charge in [0, 0.05) is 19.3 Å². The predicted molar refractivity (Wildman–Crippen MR) is 275 cm³/mol. The van der Waals surface area contributed by atoms with Gasteiger partial charge in [0.2, 0.25) is 0 Å². The zero-order valence-corrected chi connectivity index (χ0v) is 44.1. The first kappa shape index (κ1) is 62.4. The molecule has 0 aliphatic carbocycles. The second-order valence-corrected chi connectivity index (χ2v) is 21.4. The molecule has 0 aliphatic rings. The van der Waals surface area contributed by atoms with E-state index in [1.807, 2.05) is 0 Å². The van der Waals surface area contributed by atoms with Gasteiger partial charge in [-0.1, -0.05) is 279 Å². The van der Waals surface area contributed by atoms with Gasteiger partial charge in [-0.15, -0.1) is 0 Å². The highest BCUT2D eigenvalue weighted by Crippen LogP contribution is 2.18. The van der Waals surface area contributed by atoms with E-state index in [9.17, 15) is 14.4 Å². The normalized spacial score (nSPS) is 12.1. The molecule has 0 amide bonds. The molecule has 6 nitrogen and oxygen atoms in total. The topological polar surface area (TPSA) is 78.9 Å². The number of hydrogen-bond donors (Lipinski definition) is 0. The molecule has 0 saturated heterocycles. The van der Waals surface area contributed by atoms with E-state index in [1.54, 1.807) is 0 Å². The van der Waals surface area contributed by atoms with Crippen LogP contribution in [0.3, 0.4) is 0 Å². The number of ether oxygens (including phenoxy) is 3. The Morgan fingerprint density at radius 1 is 0.266 bits per heavy atom. The van der Waals surface area contributed by atoms with Crippen molar-refractivity contribution < 1.29 is 28.6 Å². The van der Waals surface area contributed by atoms with Crippen LogP contribution in [0.15, 0.2) is 0 Å². The smallest absolute Gasteiger partial charge is 0.306 e. The number of esters is 3. The Balaban J connectivity index is 4.27. The zero-order chi connectivity index (χ0) is 47.0. The van der Waals surface area contributed by atoms with Gasteiger partial charge in [0.25, 0.3) is 0 Å². The van der Waals surface area contributed by atoms with Gasteiger partial charge in [0.15, 0.2) is 6.10 Å². The Morgan fingerprint density at radius 3 is 0.672 bits per heavy atom. The maximum absolute atomic E-state index is 12.8. The predicted octanol–water partition coefficient (Wildman–Crippen LogP) is 18.7. The molecule has 0 spiro atoms. The lowest BCUT2D eigenvalue weighted by atomic mass is 10.0. The molecule has 0 aromatic rings. The highest BCUT2D eigenvalue weighted by Gasteiger charge is 2.19. The summed E-state index contributed by atoms with van der Waals surface area (Å²) in [7, 11) is 0. The summed E-state index contributed by atoms with van der Waals surface area (Å²) < 4.78 is 16.9. The van der Waals surface area contributed by atoms with Crippen molar-refractivity contribution in [2.24, 2.45) is 17.8 Å². The van der Waals surface area contributed by atoms with Gasteiger partial charge in [-0.2, -0.15) is 0 Å². The lowest BCUT2D eigenvalue weighted by molar-refractivity contribution is -0.167. The Bertz CT molecular complexity index is 991. The first-order chi connectivity index (χ1) is 31.1. The molecule has 0 heterocycles. The van der Waals surface area contributed by atoms with E-state index in [4.69, 9.17) is 14.2 Å². The van der Waals surface area contributed by atoms with Crippen molar-refractivity contribution >= 4 is 17.9 Å². The van der Waals surface area contributed by atoms with Gasteiger partial charge in [-0.25, -0.2) is 0 Å². The van der Waals surface area contributed by atoms with Crippen LogP contribution in [-0.2, 0) is 28.6 Å². The molecule has 0 unspecified atom stereocenters. The standard InChI is InChI=1S/C58H112O6/c1-52(2)44-38-32-26-20-16-12-8-7-9-14-18-22-29-35-41-47-56(59)62-50-55(51-63-57(60)48-42-36-30-25-24-28-34-40-46-54(5)6)64-58(61)49-43-37-31-23-19-15-11-10-13-17-21-27-33-39-45-53(3)4/h52-55H,7-51H2,1-6H3/t55-/m0/s1. The average Bonchev–Trinajstić information content (AvgIpc) is 3.25. The molecule has 0 bridgehead atoms. The van der Waals surface area contributed by atoms with Crippen molar-refractivity contribution in [2.75, 3.05) is 13.2 Å². The zero-order valence-electron chi connectivity index (χ0n) is 44.1. The van der Waals surface area contributed by atoms with Crippen LogP contribution in [0.25, 0.3) is 0 Å². The highest BCUT2D eigenvalue weighted by molar-refractivity contribution is 5.71. The third kappa shape index (κ3) is 51.4. The molecular formula is C58H112O6. The molecule has 0 radical (unpaired) electrons. The number of hydrogen-bond acceptors (Lipinski definition) is 6. The fourth-order valence-corrected chi connectivity index (χ4v) is 8.82. The minimum Gasteiger partial charge on any atom is -0.462 e. The number of carbonyl (C=O) groups is 3. The molecule has 0 fully saturated rings. The van der Waals surface area contributed by atoms with Crippen LogP contribution >= 0.6 is 0 Å². The molecule has 0 aliphatic heterocycles. The molecule has 0 aromatic heterocycles. The Labute approximate surface area is 399 Å². The lowest BCUT2D eigenvalue weighted by Crippen LogP contribution is -2.30. The van der Waals surface area contributed by atoms with Crippen LogP contribution in [0.5, 0.6) is 0 Å². The molecule has 380 valence electrons. The summed E-state index contributed by atoms with van der Waals surface area (Å²) >= 11 is 0. The first-order valence-electron chi connectivity index (χ1n) is 28.6. The van der Waals surface area contributed by atoms with E-state index < -0.39 is 6.10 Å². The van der Waals surface area contributed by atoms with Crippen LogP contribution in [0, 0.1) is 17.8 Å². The number of carbonyl (C=O) groups excluding carboxylic acids is 3. The summed E-state index contributed by atoms with van der Waals surface area (Å²) in [6.07, 6.45) is 51.0. The summed E-state index contributed by atoms with van der Waals surface area (Å²) in [4.78, 5) is 38.1. The summed E-state index contributed by atoms with van der Waals surface area (Å²) in [5.74, 6) is 1.64. The highest BCUT2D eigenvalue weighted by atomic mass is 16.6. The van der Waals surface area contributed by atoms with Gasteiger partial charge in [0.1, 0.15) is 13.2 Å². The third-order valence-corrected chi connectivity index (χ3v) is 13.1. The maximum atomic E-state index is 12.8. The van der Waals surface area contributed by atoms with Gasteiger partial charge in [-0.3, -0.25) is 14.4 Å². The van der Waals surface area contributed by atoms with Crippen molar-refractivity contribution in [1.82, 2.24) is 0 Å². The third-order valence-electron chi connectivity index (χ3n) is 13.1. The minimum atomic E-state index is -0.763. The molecule has 6 heteroatoms. The summed E-state index contributed by atoms with van der Waals surface area (Å²) in [6.45, 7) is 13.7. The Morgan fingerprint density at radius 2 is 0.453 bits per heavy atom. The molecule has 0 aromatic carbocycles. The number of unbranched alkanes of at least 4 members (excludes halogenated alkanes) is 34. The van der Waals surface area contributed by atoms with Crippen LogP contribution < -0.4 is 0 Å². The number of rotatable bonds is 51. The second kappa shape index (κ2) is 49.3. The molecule has 1 atom stereocenters. The fourth-order valence-electron chi connectivity index (χ4n) is 8.82. The van der Waals surface area contributed by atoms with Gasteiger partial charge >= 0.3 is 17.9 Å². The summed E-state index contributed by atoms with van der Waals surface area (Å²) in [6, 6.07) is 0. The Hall–Kier alpha value is -1.59. The quantitative estimate of drug-likeness (QED) is 0.0344. The SMILES string of the molecule is CC(C)CCCCCCCCCCCCCCCCCC(=O)OC[C@@H](COC(=O)CCCCCCCCCCC(C)C)OC(=O)CCCCCCCCCCCCCCCCC(C)C. The van der Waals surface area contributed by atoms with E-state index in [0.29, 0.717) is 19.3 Å². The first-order valence-corrected chi connectivity index (χ1v) is 28.6. The van der Waals surface area contributed by atoms with Crippen LogP contribution in [-0.4, -0.2) is 37.2 Å². The van der Waals surface area contributed by atoms with Crippen LogP contribution in [0.2, 0.25) is 0 Å². The van der Waals surface area contributed by atoms with Crippen LogP contribution in [0.4, 0.5) is 0 Å². The van der Waals surface area contributed by atoms with Crippen molar-refractivity contribution in [1.29, 1.82) is 0 Å². The molecule has 64 heavy (non-hydrogen) atoms. The van der Waals surface area contributed by atoms with Gasteiger partial charge in [0.05, 0.1) is 0 Å². The van der Waals surface area contributed by atoms with E-state index >= 15 is 0 Å². The van der Waals surface area contributed by atoms with E-state index in [-0.39, 0.29) is 31.1 Å². The van der Waals surface area contributed by atoms with Crippen molar-refractivity contribution in [3.8, 4) is 0 Å². The molecule has 0 N–H and O–H groups in total.